The predicted molar refractivity (Wildman–Crippen MR) is 146 cm³/mol. The summed E-state index contributed by atoms with van der Waals surface area (Å²) in [6.07, 6.45) is 1.64. The summed E-state index contributed by atoms with van der Waals surface area (Å²) in [7, 11) is -3.62. The molecule has 1 aliphatic rings. The number of hydrogen-bond donors (Lipinski definition) is 1. The molecular formula is C30H32N2O4S. The van der Waals surface area contributed by atoms with Crippen molar-refractivity contribution in [1.82, 2.24) is 9.29 Å². The third-order valence-corrected chi connectivity index (χ3v) is 8.22. The minimum Gasteiger partial charge on any atom is -0.443 e. The number of ether oxygens (including phenoxy) is 1. The Balaban J connectivity index is 1.43. The van der Waals surface area contributed by atoms with Gasteiger partial charge in [-0.05, 0) is 92.6 Å². The number of aryl methyl sites for hydroxylation is 1. The zero-order valence-corrected chi connectivity index (χ0v) is 22.4. The first-order valence-electron chi connectivity index (χ1n) is 12.6. The molecule has 1 atom stereocenters. The van der Waals surface area contributed by atoms with E-state index in [0.29, 0.717) is 12.8 Å². The van der Waals surface area contributed by atoms with Crippen LogP contribution in [0.25, 0.3) is 22.2 Å². The van der Waals surface area contributed by atoms with Crippen molar-refractivity contribution in [2.75, 3.05) is 0 Å². The van der Waals surface area contributed by atoms with E-state index in [1.54, 1.807) is 16.7 Å². The maximum absolute atomic E-state index is 13.2. The lowest BCUT2D eigenvalue weighted by molar-refractivity contribution is 0.0547. The minimum atomic E-state index is -3.62. The molecule has 192 valence electrons. The van der Waals surface area contributed by atoms with E-state index in [1.807, 2.05) is 82.3 Å². The first-order valence-corrected chi connectivity index (χ1v) is 14.1. The molecule has 0 amide bonds. The molecule has 7 heteroatoms. The number of rotatable bonds is 5. The van der Waals surface area contributed by atoms with Crippen LogP contribution in [0.1, 0.15) is 44.4 Å². The molecule has 37 heavy (non-hydrogen) atoms. The Kier molecular flexibility index (Phi) is 6.46. The number of fused-ring (bicyclic) bond motifs is 2. The average Bonchev–Trinajstić information content (AvgIpc) is 3.42. The zero-order chi connectivity index (χ0) is 26.4. The van der Waals surface area contributed by atoms with E-state index < -0.39 is 21.7 Å². The van der Waals surface area contributed by atoms with Gasteiger partial charge in [-0.1, -0.05) is 49.4 Å². The van der Waals surface area contributed by atoms with E-state index in [9.17, 15) is 13.2 Å². The van der Waals surface area contributed by atoms with Crippen LogP contribution in [0.15, 0.2) is 77.7 Å². The summed E-state index contributed by atoms with van der Waals surface area (Å²) in [5, 5.41) is 0.948. The molecule has 0 spiro atoms. The summed E-state index contributed by atoms with van der Waals surface area (Å²) in [5.41, 5.74) is 5.08. The monoisotopic (exact) mass is 516 g/mol. The van der Waals surface area contributed by atoms with E-state index in [0.717, 1.165) is 45.3 Å². The zero-order valence-electron chi connectivity index (χ0n) is 21.6. The van der Waals surface area contributed by atoms with Gasteiger partial charge < -0.3 is 4.74 Å². The molecule has 1 unspecified atom stereocenters. The van der Waals surface area contributed by atoms with Crippen LogP contribution >= 0.6 is 0 Å². The molecule has 0 aliphatic heterocycles. The van der Waals surface area contributed by atoms with Crippen molar-refractivity contribution in [1.29, 1.82) is 0 Å². The molecule has 1 aromatic heterocycles. The number of hydrogen-bond acceptors (Lipinski definition) is 4. The Morgan fingerprint density at radius 2 is 1.68 bits per heavy atom. The highest BCUT2D eigenvalue weighted by molar-refractivity contribution is 7.89. The molecule has 0 fully saturated rings. The molecule has 0 bridgehead atoms. The van der Waals surface area contributed by atoms with Crippen molar-refractivity contribution >= 4 is 27.0 Å². The molecule has 0 saturated heterocycles. The molecule has 1 aliphatic carbocycles. The lowest BCUT2D eigenvalue weighted by atomic mass is 10.0. The van der Waals surface area contributed by atoms with Crippen molar-refractivity contribution in [3.63, 3.8) is 0 Å². The molecule has 0 radical (unpaired) electrons. The highest BCUT2D eigenvalue weighted by Gasteiger charge is 2.28. The fourth-order valence-corrected chi connectivity index (χ4v) is 6.16. The summed E-state index contributed by atoms with van der Waals surface area (Å²) in [6, 6.07) is 22.6. The van der Waals surface area contributed by atoms with Gasteiger partial charge in [0.2, 0.25) is 10.0 Å². The number of benzene rings is 3. The molecule has 6 nitrogen and oxygen atoms in total. The SMILES string of the molecule is CCc1ccc(S(=O)(=O)NC2Cc3ccc(-c4cc5ccccc5n4C(=O)OC(C)(C)C)cc3C2)cc1. The van der Waals surface area contributed by atoms with E-state index in [-0.39, 0.29) is 10.9 Å². The third kappa shape index (κ3) is 5.20. The Morgan fingerprint density at radius 3 is 2.38 bits per heavy atom. The number of aromatic nitrogens is 1. The third-order valence-electron chi connectivity index (χ3n) is 6.69. The van der Waals surface area contributed by atoms with Crippen LogP contribution in [-0.4, -0.2) is 30.7 Å². The lowest BCUT2D eigenvalue weighted by Gasteiger charge is -2.21. The Bertz CT molecular complexity index is 1580. The van der Waals surface area contributed by atoms with Crippen LogP contribution in [0, 0.1) is 0 Å². The molecule has 3 aromatic carbocycles. The van der Waals surface area contributed by atoms with E-state index >= 15 is 0 Å². The maximum Gasteiger partial charge on any atom is 0.419 e. The normalized spacial score (nSPS) is 15.6. The maximum atomic E-state index is 13.2. The Hall–Kier alpha value is -3.42. The Labute approximate surface area is 218 Å². The van der Waals surface area contributed by atoms with Crippen molar-refractivity contribution in [2.24, 2.45) is 0 Å². The predicted octanol–water partition coefficient (Wildman–Crippen LogP) is 6.10. The fourth-order valence-electron chi connectivity index (χ4n) is 4.92. The van der Waals surface area contributed by atoms with Gasteiger partial charge in [-0.3, -0.25) is 0 Å². The van der Waals surface area contributed by atoms with Gasteiger partial charge in [0, 0.05) is 11.4 Å². The van der Waals surface area contributed by atoms with E-state index in [4.69, 9.17) is 4.74 Å². The highest BCUT2D eigenvalue weighted by Crippen LogP contribution is 2.33. The summed E-state index contributed by atoms with van der Waals surface area (Å²) in [4.78, 5) is 13.5. The van der Waals surface area contributed by atoms with E-state index in [2.05, 4.69) is 10.8 Å². The minimum absolute atomic E-state index is 0.224. The Morgan fingerprint density at radius 1 is 0.973 bits per heavy atom. The first-order chi connectivity index (χ1) is 17.5. The van der Waals surface area contributed by atoms with Gasteiger partial charge >= 0.3 is 6.09 Å². The molecule has 1 heterocycles. The van der Waals surface area contributed by atoms with Crippen molar-refractivity contribution in [2.45, 2.75) is 63.5 Å². The molecule has 4 aromatic rings. The van der Waals surface area contributed by atoms with Crippen LogP contribution in [0.4, 0.5) is 4.79 Å². The van der Waals surface area contributed by atoms with Crippen molar-refractivity contribution in [3.8, 4) is 11.3 Å². The van der Waals surface area contributed by atoms with Crippen LogP contribution in [0.2, 0.25) is 0 Å². The summed E-state index contributed by atoms with van der Waals surface area (Å²) in [5.74, 6) is 0. The van der Waals surface area contributed by atoms with Gasteiger partial charge in [-0.2, -0.15) is 0 Å². The smallest absolute Gasteiger partial charge is 0.419 e. The van der Waals surface area contributed by atoms with Gasteiger partial charge in [0.1, 0.15) is 5.60 Å². The quantitative estimate of drug-likeness (QED) is 0.348. The number of para-hydroxylation sites is 1. The highest BCUT2D eigenvalue weighted by atomic mass is 32.2. The number of carbonyl (C=O) groups is 1. The number of sulfonamides is 1. The molecule has 5 rings (SSSR count). The second-order valence-electron chi connectivity index (χ2n) is 10.6. The second kappa shape index (κ2) is 9.47. The topological polar surface area (TPSA) is 77.4 Å². The second-order valence-corrected chi connectivity index (χ2v) is 12.3. The van der Waals surface area contributed by atoms with Gasteiger partial charge in [0.15, 0.2) is 0 Å². The van der Waals surface area contributed by atoms with Crippen LogP contribution in [0.5, 0.6) is 0 Å². The summed E-state index contributed by atoms with van der Waals surface area (Å²) in [6.45, 7) is 7.60. The lowest BCUT2D eigenvalue weighted by Crippen LogP contribution is -2.35. The molecule has 0 saturated carbocycles. The molecular weight excluding hydrogens is 484 g/mol. The van der Waals surface area contributed by atoms with Crippen LogP contribution in [-0.2, 0) is 34.0 Å². The van der Waals surface area contributed by atoms with E-state index in [1.165, 1.54) is 0 Å². The first kappa shape index (κ1) is 25.2. The van der Waals surface area contributed by atoms with Crippen molar-refractivity contribution in [3.05, 3.63) is 89.5 Å². The van der Waals surface area contributed by atoms with Gasteiger partial charge in [-0.15, -0.1) is 0 Å². The summed E-state index contributed by atoms with van der Waals surface area (Å²) >= 11 is 0. The largest absolute Gasteiger partial charge is 0.443 e. The molecule has 1 N–H and O–H groups in total. The number of carbonyl (C=O) groups excluding carboxylic acids is 1. The number of nitrogens with one attached hydrogen (secondary N) is 1. The average molecular weight is 517 g/mol. The van der Waals surface area contributed by atoms with Gasteiger partial charge in [-0.25, -0.2) is 22.5 Å². The standard InChI is InChI=1S/C30H32N2O4S/c1-5-20-10-14-26(15-11-20)37(34,35)31-25-17-21-12-13-23(16-24(21)18-25)28-19-22-8-6-7-9-27(22)32(28)29(33)36-30(2,3)4/h6-16,19,25,31H,5,17-18H2,1-4H3. The number of nitrogens with zero attached hydrogens (tertiary/aromatic N) is 1. The van der Waals surface area contributed by atoms with Gasteiger partial charge in [0.25, 0.3) is 0 Å². The fraction of sp³-hybridized carbons (Fsp3) is 0.300. The van der Waals surface area contributed by atoms with Crippen molar-refractivity contribution < 1.29 is 17.9 Å². The summed E-state index contributed by atoms with van der Waals surface area (Å²) < 4.78 is 36.2. The van der Waals surface area contributed by atoms with Crippen LogP contribution < -0.4 is 4.72 Å². The van der Waals surface area contributed by atoms with Gasteiger partial charge in [0.05, 0.1) is 16.1 Å². The van der Waals surface area contributed by atoms with Crippen LogP contribution in [0.3, 0.4) is 0 Å².